The minimum absolute atomic E-state index is 0.0364. The van der Waals surface area contributed by atoms with Gasteiger partial charge >= 0.3 is 6.09 Å². The molecule has 29 heavy (non-hydrogen) atoms. The molecule has 1 aromatic rings. The van der Waals surface area contributed by atoms with Gasteiger partial charge in [-0.2, -0.15) is 9.19 Å². The van der Waals surface area contributed by atoms with Gasteiger partial charge in [0.1, 0.15) is 10.9 Å². The van der Waals surface area contributed by atoms with E-state index in [0.29, 0.717) is 24.2 Å². The number of hydrogen-bond acceptors (Lipinski definition) is 6. The van der Waals surface area contributed by atoms with Gasteiger partial charge in [0.2, 0.25) is 0 Å². The number of nitrogens with one attached hydrogen (secondary N) is 1. The molecular weight excluding hydrogens is 392 g/mol. The van der Waals surface area contributed by atoms with Crippen LogP contribution >= 0.6 is 0 Å². The molecule has 8 nitrogen and oxygen atoms in total. The summed E-state index contributed by atoms with van der Waals surface area (Å²) in [4.78, 5) is 12.1. The van der Waals surface area contributed by atoms with Crippen molar-refractivity contribution < 1.29 is 17.9 Å². The third-order valence-electron chi connectivity index (χ3n) is 6.25. The molecule has 158 valence electrons. The number of allylic oxidation sites excluding steroid dienone is 3. The molecular formula is C20H28N4O4S. The molecule has 0 aliphatic heterocycles. The van der Waals surface area contributed by atoms with E-state index in [1.807, 2.05) is 6.92 Å². The van der Waals surface area contributed by atoms with E-state index in [4.69, 9.17) is 10.5 Å². The van der Waals surface area contributed by atoms with Crippen LogP contribution in [0.5, 0.6) is 0 Å². The van der Waals surface area contributed by atoms with Crippen molar-refractivity contribution in [3.8, 4) is 0 Å². The number of aromatic nitrogens is 2. The Morgan fingerprint density at radius 3 is 2.79 bits per heavy atom. The molecule has 0 radical (unpaired) electrons. The van der Waals surface area contributed by atoms with Crippen LogP contribution in [0.3, 0.4) is 0 Å². The molecule has 0 spiro atoms. The molecule has 1 unspecified atom stereocenters. The van der Waals surface area contributed by atoms with Crippen molar-refractivity contribution in [2.75, 3.05) is 0 Å². The van der Waals surface area contributed by atoms with Crippen molar-refractivity contribution >= 4 is 16.1 Å². The number of rotatable bonds is 5. The summed E-state index contributed by atoms with van der Waals surface area (Å²) in [6.07, 6.45) is 10.1. The predicted octanol–water partition coefficient (Wildman–Crippen LogP) is 2.54. The van der Waals surface area contributed by atoms with Crippen LogP contribution in [0.15, 0.2) is 36.2 Å². The Hall–Kier alpha value is -2.29. The van der Waals surface area contributed by atoms with Crippen LogP contribution in [0.4, 0.5) is 4.79 Å². The van der Waals surface area contributed by atoms with Crippen LogP contribution in [-0.2, 0) is 14.8 Å². The maximum Gasteiger partial charge on any atom is 0.407 e. The number of carbonyl (C=O) groups is 1. The number of ether oxygens (including phenoxy) is 1. The van der Waals surface area contributed by atoms with E-state index in [2.05, 4.69) is 10.4 Å². The summed E-state index contributed by atoms with van der Waals surface area (Å²) in [5.74, 6) is -0.0364. The van der Waals surface area contributed by atoms with Crippen molar-refractivity contribution in [1.29, 1.82) is 0 Å². The lowest BCUT2D eigenvalue weighted by Crippen LogP contribution is -2.41. The van der Waals surface area contributed by atoms with Crippen molar-refractivity contribution in [2.45, 2.75) is 74.7 Å². The number of alkyl carbamates (subject to hydrolysis) is 1. The quantitative estimate of drug-likeness (QED) is 0.756. The van der Waals surface area contributed by atoms with Gasteiger partial charge in [-0.1, -0.05) is 12.2 Å². The average Bonchev–Trinajstić information content (AvgIpc) is 3.03. The third kappa shape index (κ3) is 3.80. The summed E-state index contributed by atoms with van der Waals surface area (Å²) in [6.45, 7) is 3.66. The van der Waals surface area contributed by atoms with Gasteiger partial charge < -0.3 is 15.8 Å². The van der Waals surface area contributed by atoms with Crippen LogP contribution < -0.4 is 11.1 Å². The molecule has 3 atom stereocenters. The van der Waals surface area contributed by atoms with E-state index >= 15 is 0 Å². The summed E-state index contributed by atoms with van der Waals surface area (Å²) in [5.41, 5.74) is 6.93. The van der Waals surface area contributed by atoms with Crippen LogP contribution in [0.1, 0.15) is 64.0 Å². The fraction of sp³-hybridized carbons (Fsp3) is 0.600. The minimum Gasteiger partial charge on any atom is -0.446 e. The van der Waals surface area contributed by atoms with E-state index in [1.54, 1.807) is 31.2 Å². The first-order valence-electron chi connectivity index (χ1n) is 10.0. The number of hydrogen-bond donors (Lipinski definition) is 2. The van der Waals surface area contributed by atoms with Crippen molar-refractivity contribution in [1.82, 2.24) is 14.5 Å². The highest BCUT2D eigenvalue weighted by molar-refractivity contribution is 7.91. The van der Waals surface area contributed by atoms with Gasteiger partial charge in [0.15, 0.2) is 0 Å². The summed E-state index contributed by atoms with van der Waals surface area (Å²) in [7, 11) is -3.80. The van der Waals surface area contributed by atoms with Crippen molar-refractivity contribution in [3.63, 3.8) is 0 Å². The highest BCUT2D eigenvalue weighted by atomic mass is 32.2. The molecule has 9 heteroatoms. The number of amides is 1. The van der Waals surface area contributed by atoms with E-state index < -0.39 is 14.8 Å². The van der Waals surface area contributed by atoms with Gasteiger partial charge in [0.25, 0.3) is 10.0 Å². The first-order valence-corrected chi connectivity index (χ1v) is 11.5. The topological polar surface area (TPSA) is 116 Å². The second-order valence-electron chi connectivity index (χ2n) is 8.92. The molecule has 3 N–H and O–H groups in total. The molecule has 3 aliphatic rings. The Kier molecular flexibility index (Phi) is 4.76. The molecule has 4 rings (SSSR count). The average molecular weight is 421 g/mol. The van der Waals surface area contributed by atoms with Crippen molar-refractivity contribution in [3.05, 3.63) is 41.9 Å². The maximum atomic E-state index is 13.4. The van der Waals surface area contributed by atoms with Crippen LogP contribution in [0, 0.1) is 0 Å². The van der Waals surface area contributed by atoms with E-state index in [9.17, 15) is 13.2 Å². The monoisotopic (exact) mass is 420 g/mol. The summed E-state index contributed by atoms with van der Waals surface area (Å²) in [6, 6.07) is 1.74. The summed E-state index contributed by atoms with van der Waals surface area (Å²) >= 11 is 0. The van der Waals surface area contributed by atoms with Gasteiger partial charge in [-0.3, -0.25) is 0 Å². The number of nitrogens with zero attached hydrogens (tertiary/aromatic N) is 2. The van der Waals surface area contributed by atoms with Gasteiger partial charge in [-0.05, 0) is 58.1 Å². The summed E-state index contributed by atoms with van der Waals surface area (Å²) < 4.78 is 32.3. The Bertz CT molecular complexity index is 976. The second-order valence-corrected chi connectivity index (χ2v) is 11.1. The highest BCUT2D eigenvalue weighted by Crippen LogP contribution is 2.39. The van der Waals surface area contributed by atoms with Crippen LogP contribution in [-0.4, -0.2) is 40.1 Å². The normalized spacial score (nSPS) is 30.6. The lowest BCUT2D eigenvalue weighted by molar-refractivity contribution is 0.0966. The Morgan fingerprint density at radius 1 is 1.34 bits per heavy atom. The van der Waals surface area contributed by atoms with Gasteiger partial charge in [0, 0.05) is 23.6 Å². The Balaban J connectivity index is 1.48. The van der Waals surface area contributed by atoms with Gasteiger partial charge in [-0.25, -0.2) is 13.2 Å². The molecule has 0 aromatic carbocycles. The zero-order chi connectivity index (χ0) is 20.9. The lowest BCUT2D eigenvalue weighted by Gasteiger charge is -2.29. The molecule has 0 saturated heterocycles. The highest BCUT2D eigenvalue weighted by Gasteiger charge is 2.43. The fourth-order valence-electron chi connectivity index (χ4n) is 4.12. The van der Waals surface area contributed by atoms with E-state index in [1.165, 1.54) is 6.20 Å². The van der Waals surface area contributed by atoms with Gasteiger partial charge in [-0.15, -0.1) is 0 Å². The van der Waals surface area contributed by atoms with E-state index in [0.717, 1.165) is 23.3 Å². The summed E-state index contributed by atoms with van der Waals surface area (Å²) in [5, 5.41) is 7.03. The van der Waals surface area contributed by atoms with Crippen LogP contribution in [0.25, 0.3) is 0 Å². The van der Waals surface area contributed by atoms with Gasteiger partial charge in [0.05, 0.1) is 11.9 Å². The lowest BCUT2D eigenvalue weighted by atomic mass is 10.00. The Labute approximate surface area is 171 Å². The second kappa shape index (κ2) is 6.90. The third-order valence-corrected chi connectivity index (χ3v) is 8.47. The molecule has 1 amide bonds. The first kappa shape index (κ1) is 20.0. The standard InChI is InChI=1S/C20H28N4O4S/c1-19(9-10-19)23-18(25)28-16-6-5-14(12-16)17-7-11-22-24(17)29(26,27)20(2)8-3-4-15(21)13-20/h3-4,7-8,11,14,16H,5-6,9-10,12-13,21H2,1-2H3,(H,23,25)/t14-,16+,20?/m0/s1. The zero-order valence-electron chi connectivity index (χ0n) is 16.8. The first-order chi connectivity index (χ1) is 13.6. The molecule has 3 aliphatic carbocycles. The molecule has 1 aromatic heterocycles. The van der Waals surface area contributed by atoms with E-state index in [-0.39, 0.29) is 30.1 Å². The number of carbonyl (C=O) groups excluding carboxylic acids is 1. The minimum atomic E-state index is -3.80. The zero-order valence-corrected chi connectivity index (χ0v) is 17.6. The maximum absolute atomic E-state index is 13.4. The smallest absolute Gasteiger partial charge is 0.407 e. The molecule has 1 heterocycles. The largest absolute Gasteiger partial charge is 0.446 e. The SMILES string of the molecule is CC1(NC(=O)O[C@@H]2CC[C@H](c3ccnn3S(=O)(=O)C3(C)C=CC=C(N)C3)C2)CC1. The predicted molar refractivity (Wildman–Crippen MR) is 109 cm³/mol. The molecule has 0 bridgehead atoms. The fourth-order valence-corrected chi connectivity index (χ4v) is 5.78. The van der Waals surface area contributed by atoms with Crippen molar-refractivity contribution in [2.24, 2.45) is 5.73 Å². The number of nitrogens with two attached hydrogens (primary N) is 1. The Morgan fingerprint density at radius 2 is 2.10 bits per heavy atom. The molecule has 2 saturated carbocycles. The van der Waals surface area contributed by atoms with Crippen LogP contribution in [0.2, 0.25) is 0 Å². The molecule has 2 fully saturated rings.